The SMILES string of the molecule is CCOc1ccccc1/C=C(/C#N)C(=O)Nc1ccccc1. The number of para-hydroxylation sites is 2. The number of amides is 1. The lowest BCUT2D eigenvalue weighted by Gasteiger charge is -2.07. The molecule has 0 aliphatic rings. The van der Waals surface area contributed by atoms with Crippen LogP contribution in [0.15, 0.2) is 60.2 Å². The first-order valence-electron chi connectivity index (χ1n) is 6.94. The Labute approximate surface area is 129 Å². The summed E-state index contributed by atoms with van der Waals surface area (Å²) in [6.07, 6.45) is 1.53. The number of ether oxygens (including phenoxy) is 1. The van der Waals surface area contributed by atoms with Crippen LogP contribution in [0.1, 0.15) is 12.5 Å². The third-order valence-electron chi connectivity index (χ3n) is 2.92. The van der Waals surface area contributed by atoms with Gasteiger partial charge in [-0.15, -0.1) is 0 Å². The lowest BCUT2D eigenvalue weighted by atomic mass is 10.1. The Morgan fingerprint density at radius 3 is 2.55 bits per heavy atom. The number of anilines is 1. The summed E-state index contributed by atoms with van der Waals surface area (Å²) in [4.78, 5) is 12.2. The summed E-state index contributed by atoms with van der Waals surface area (Å²) in [5, 5.41) is 11.9. The van der Waals surface area contributed by atoms with Gasteiger partial charge in [0.1, 0.15) is 17.4 Å². The molecule has 2 aromatic carbocycles. The maximum Gasteiger partial charge on any atom is 0.266 e. The van der Waals surface area contributed by atoms with Crippen molar-refractivity contribution >= 4 is 17.7 Å². The van der Waals surface area contributed by atoms with E-state index in [-0.39, 0.29) is 5.57 Å². The Kier molecular flexibility index (Phi) is 5.33. The van der Waals surface area contributed by atoms with Crippen LogP contribution in [-0.4, -0.2) is 12.5 Å². The van der Waals surface area contributed by atoms with Gasteiger partial charge in [-0.1, -0.05) is 36.4 Å². The second kappa shape index (κ2) is 7.65. The van der Waals surface area contributed by atoms with E-state index in [2.05, 4.69) is 5.32 Å². The fraction of sp³-hybridized carbons (Fsp3) is 0.111. The number of nitrogens with one attached hydrogen (secondary N) is 1. The number of benzene rings is 2. The Hall–Kier alpha value is -3.06. The molecule has 110 valence electrons. The average Bonchev–Trinajstić information content (AvgIpc) is 2.55. The van der Waals surface area contributed by atoms with E-state index in [1.165, 1.54) is 6.08 Å². The summed E-state index contributed by atoms with van der Waals surface area (Å²) in [7, 11) is 0. The molecule has 4 heteroatoms. The van der Waals surface area contributed by atoms with Crippen LogP contribution in [0, 0.1) is 11.3 Å². The van der Waals surface area contributed by atoms with E-state index >= 15 is 0 Å². The Morgan fingerprint density at radius 2 is 1.86 bits per heavy atom. The van der Waals surface area contributed by atoms with Crippen LogP contribution in [-0.2, 0) is 4.79 Å². The van der Waals surface area contributed by atoms with Crippen LogP contribution >= 0.6 is 0 Å². The molecule has 0 fully saturated rings. The average molecular weight is 292 g/mol. The molecular weight excluding hydrogens is 276 g/mol. The summed E-state index contributed by atoms with van der Waals surface area (Å²) in [5.74, 6) is 0.199. The number of hydrogen-bond donors (Lipinski definition) is 1. The largest absolute Gasteiger partial charge is 0.493 e. The van der Waals surface area contributed by atoms with Crippen molar-refractivity contribution in [2.75, 3.05) is 11.9 Å². The number of nitriles is 1. The zero-order valence-corrected chi connectivity index (χ0v) is 12.2. The van der Waals surface area contributed by atoms with Crippen molar-refractivity contribution in [1.29, 1.82) is 5.26 Å². The third kappa shape index (κ3) is 3.97. The second-order valence-corrected chi connectivity index (χ2v) is 4.46. The standard InChI is InChI=1S/C18H16N2O2/c1-2-22-17-11-7-6-8-14(17)12-15(13-19)18(21)20-16-9-4-3-5-10-16/h3-12H,2H2,1H3,(H,20,21)/b15-12-. The van der Waals surface area contributed by atoms with Gasteiger partial charge < -0.3 is 10.1 Å². The summed E-state index contributed by atoms with van der Waals surface area (Å²) >= 11 is 0. The first-order chi connectivity index (χ1) is 10.7. The number of carbonyl (C=O) groups excluding carboxylic acids is 1. The molecule has 0 radical (unpaired) electrons. The lowest BCUT2D eigenvalue weighted by Crippen LogP contribution is -2.13. The highest BCUT2D eigenvalue weighted by Crippen LogP contribution is 2.21. The van der Waals surface area contributed by atoms with E-state index in [1.807, 2.05) is 43.3 Å². The molecule has 0 spiro atoms. The quantitative estimate of drug-likeness (QED) is 0.676. The highest BCUT2D eigenvalue weighted by Gasteiger charge is 2.10. The van der Waals surface area contributed by atoms with Crippen molar-refractivity contribution < 1.29 is 9.53 Å². The van der Waals surface area contributed by atoms with Crippen LogP contribution in [0.5, 0.6) is 5.75 Å². The van der Waals surface area contributed by atoms with Gasteiger partial charge in [0.25, 0.3) is 5.91 Å². The van der Waals surface area contributed by atoms with Crippen LogP contribution in [0.4, 0.5) is 5.69 Å². The molecule has 0 heterocycles. The first-order valence-corrected chi connectivity index (χ1v) is 6.94. The molecule has 4 nitrogen and oxygen atoms in total. The van der Waals surface area contributed by atoms with E-state index in [9.17, 15) is 10.1 Å². The van der Waals surface area contributed by atoms with Gasteiger partial charge in [0.15, 0.2) is 0 Å². The van der Waals surface area contributed by atoms with E-state index in [0.29, 0.717) is 23.6 Å². The number of carbonyl (C=O) groups is 1. The number of rotatable bonds is 5. The van der Waals surface area contributed by atoms with E-state index in [0.717, 1.165) is 0 Å². The smallest absolute Gasteiger partial charge is 0.266 e. The molecule has 0 atom stereocenters. The predicted octanol–water partition coefficient (Wildman–Crippen LogP) is 3.63. The molecule has 0 aliphatic heterocycles. The van der Waals surface area contributed by atoms with Gasteiger partial charge >= 0.3 is 0 Å². The molecule has 0 bridgehead atoms. The zero-order valence-electron chi connectivity index (χ0n) is 12.2. The van der Waals surface area contributed by atoms with Gasteiger partial charge in [0.2, 0.25) is 0 Å². The topological polar surface area (TPSA) is 62.1 Å². The number of hydrogen-bond acceptors (Lipinski definition) is 3. The summed E-state index contributed by atoms with van der Waals surface area (Å²) in [6, 6.07) is 18.2. The van der Waals surface area contributed by atoms with E-state index in [1.54, 1.807) is 24.3 Å². The lowest BCUT2D eigenvalue weighted by molar-refractivity contribution is -0.112. The van der Waals surface area contributed by atoms with Gasteiger partial charge in [-0.25, -0.2) is 0 Å². The summed E-state index contributed by atoms with van der Waals surface area (Å²) in [5.41, 5.74) is 1.37. The van der Waals surface area contributed by atoms with Crippen molar-refractivity contribution in [2.45, 2.75) is 6.92 Å². The van der Waals surface area contributed by atoms with Gasteiger partial charge in [-0.2, -0.15) is 5.26 Å². The highest BCUT2D eigenvalue weighted by molar-refractivity contribution is 6.09. The minimum absolute atomic E-state index is 0.0241. The zero-order chi connectivity index (χ0) is 15.8. The molecule has 1 N–H and O–H groups in total. The monoisotopic (exact) mass is 292 g/mol. The minimum Gasteiger partial charge on any atom is -0.493 e. The van der Waals surface area contributed by atoms with E-state index < -0.39 is 5.91 Å². The fourth-order valence-electron chi connectivity index (χ4n) is 1.91. The normalized spacial score (nSPS) is 10.6. The molecule has 0 aliphatic carbocycles. The fourth-order valence-corrected chi connectivity index (χ4v) is 1.91. The number of nitrogens with zero attached hydrogens (tertiary/aromatic N) is 1. The van der Waals surface area contributed by atoms with Crippen LogP contribution in [0.2, 0.25) is 0 Å². The molecule has 2 rings (SSSR count). The van der Waals surface area contributed by atoms with Crippen LogP contribution in [0.25, 0.3) is 6.08 Å². The van der Waals surface area contributed by atoms with Crippen LogP contribution in [0.3, 0.4) is 0 Å². The molecule has 0 saturated heterocycles. The van der Waals surface area contributed by atoms with Gasteiger partial charge in [-0.05, 0) is 31.2 Å². The van der Waals surface area contributed by atoms with Crippen molar-refractivity contribution in [1.82, 2.24) is 0 Å². The molecule has 2 aromatic rings. The van der Waals surface area contributed by atoms with E-state index in [4.69, 9.17) is 4.74 Å². The molecule has 1 amide bonds. The van der Waals surface area contributed by atoms with Crippen molar-refractivity contribution in [3.05, 3.63) is 65.7 Å². The van der Waals surface area contributed by atoms with Crippen molar-refractivity contribution in [3.63, 3.8) is 0 Å². The molecule has 0 unspecified atom stereocenters. The van der Waals surface area contributed by atoms with Crippen molar-refractivity contribution in [3.8, 4) is 11.8 Å². The summed E-state index contributed by atoms with van der Waals surface area (Å²) < 4.78 is 5.49. The Balaban J connectivity index is 2.24. The Morgan fingerprint density at radius 1 is 1.18 bits per heavy atom. The predicted molar refractivity (Wildman–Crippen MR) is 86.3 cm³/mol. The van der Waals surface area contributed by atoms with Gasteiger partial charge in [-0.3, -0.25) is 4.79 Å². The van der Waals surface area contributed by atoms with Crippen LogP contribution < -0.4 is 10.1 Å². The Bertz CT molecular complexity index is 715. The van der Waals surface area contributed by atoms with Gasteiger partial charge in [0.05, 0.1) is 6.61 Å². The molecule has 0 aromatic heterocycles. The van der Waals surface area contributed by atoms with Crippen molar-refractivity contribution in [2.24, 2.45) is 0 Å². The third-order valence-corrected chi connectivity index (χ3v) is 2.92. The maximum atomic E-state index is 12.2. The highest BCUT2D eigenvalue weighted by atomic mass is 16.5. The molecule has 0 saturated carbocycles. The molecule has 22 heavy (non-hydrogen) atoms. The van der Waals surface area contributed by atoms with Gasteiger partial charge in [0, 0.05) is 11.3 Å². The summed E-state index contributed by atoms with van der Waals surface area (Å²) in [6.45, 7) is 2.40. The molecular formula is C18H16N2O2. The minimum atomic E-state index is -0.444. The second-order valence-electron chi connectivity index (χ2n) is 4.46. The maximum absolute atomic E-state index is 12.2. The first kappa shape index (κ1) is 15.3.